The van der Waals surface area contributed by atoms with Gasteiger partial charge in [-0.15, -0.1) is 0 Å². The predicted molar refractivity (Wildman–Crippen MR) is 128 cm³/mol. The Balaban J connectivity index is 2.06. The molecule has 0 bridgehead atoms. The molecule has 1 aliphatic heterocycles. The molecule has 0 aromatic heterocycles. The minimum Gasteiger partial charge on any atom is -0.478 e. The zero-order valence-corrected chi connectivity index (χ0v) is 19.7. The molecule has 0 radical (unpaired) electrons. The molecular formula is C25H27F3N2O2S. The van der Waals surface area contributed by atoms with Gasteiger partial charge in [0, 0.05) is 23.4 Å². The van der Waals surface area contributed by atoms with Gasteiger partial charge in [0.25, 0.3) is 0 Å². The molecule has 0 saturated carbocycles. The van der Waals surface area contributed by atoms with Crippen LogP contribution >= 0.6 is 11.8 Å². The first-order valence-corrected chi connectivity index (χ1v) is 11.3. The van der Waals surface area contributed by atoms with Crippen molar-refractivity contribution < 1.29 is 23.1 Å². The average Bonchev–Trinajstić information content (AvgIpc) is 2.96. The van der Waals surface area contributed by atoms with Crippen molar-refractivity contribution in [2.45, 2.75) is 43.9 Å². The van der Waals surface area contributed by atoms with Crippen molar-refractivity contribution in [2.24, 2.45) is 0 Å². The summed E-state index contributed by atoms with van der Waals surface area (Å²) in [5.41, 5.74) is 2.50. The number of alkyl halides is 3. The second-order valence-corrected chi connectivity index (χ2v) is 9.69. The molecule has 1 heterocycles. The van der Waals surface area contributed by atoms with Crippen LogP contribution in [0.25, 0.3) is 6.08 Å². The summed E-state index contributed by atoms with van der Waals surface area (Å²) in [4.78, 5) is 13.0. The highest BCUT2D eigenvalue weighted by atomic mass is 32.2. The van der Waals surface area contributed by atoms with E-state index >= 15 is 0 Å². The van der Waals surface area contributed by atoms with E-state index in [-0.39, 0.29) is 12.0 Å². The van der Waals surface area contributed by atoms with Gasteiger partial charge in [0.15, 0.2) is 4.99 Å². The number of benzene rings is 2. The molecular weight excluding hydrogens is 449 g/mol. The number of nitrogens with one attached hydrogen (secondary N) is 1. The zero-order chi connectivity index (χ0) is 24.6. The fourth-order valence-electron chi connectivity index (χ4n) is 3.83. The monoisotopic (exact) mass is 476 g/mol. The summed E-state index contributed by atoms with van der Waals surface area (Å²) in [6.45, 7) is 10.2. The van der Waals surface area contributed by atoms with Gasteiger partial charge < -0.3 is 10.4 Å². The van der Waals surface area contributed by atoms with E-state index in [0.717, 1.165) is 39.9 Å². The van der Waals surface area contributed by atoms with Gasteiger partial charge in [0.2, 0.25) is 0 Å². The summed E-state index contributed by atoms with van der Waals surface area (Å²) >= 11 is 1.47. The van der Waals surface area contributed by atoms with Gasteiger partial charge in [-0.25, -0.2) is 4.79 Å². The number of aliphatic carboxylic acids is 1. The lowest BCUT2D eigenvalue weighted by Crippen LogP contribution is -2.46. The Morgan fingerprint density at radius 2 is 1.88 bits per heavy atom. The molecule has 3 rings (SSSR count). The molecule has 1 fully saturated rings. The largest absolute Gasteiger partial charge is 0.478 e. The normalized spacial score (nSPS) is 21.8. The van der Waals surface area contributed by atoms with Crippen molar-refractivity contribution in [2.75, 3.05) is 12.4 Å². The molecule has 0 spiro atoms. The van der Waals surface area contributed by atoms with E-state index in [1.807, 2.05) is 46.0 Å². The molecule has 0 amide bonds. The summed E-state index contributed by atoms with van der Waals surface area (Å²) in [5, 5.41) is 12.5. The van der Waals surface area contributed by atoms with Crippen LogP contribution < -0.4 is 5.32 Å². The Bertz CT molecular complexity index is 1080. The van der Waals surface area contributed by atoms with Crippen LogP contribution in [-0.2, 0) is 16.0 Å². The first kappa shape index (κ1) is 24.9. The van der Waals surface area contributed by atoms with E-state index in [1.54, 1.807) is 6.08 Å². The number of hydrogen-bond acceptors (Lipinski definition) is 4. The van der Waals surface area contributed by atoms with E-state index < -0.39 is 22.7 Å². The fourth-order valence-corrected chi connectivity index (χ4v) is 5.26. The van der Waals surface area contributed by atoms with E-state index in [1.165, 1.54) is 23.9 Å². The first-order chi connectivity index (χ1) is 15.3. The van der Waals surface area contributed by atoms with Gasteiger partial charge in [-0.2, -0.15) is 13.2 Å². The van der Waals surface area contributed by atoms with Gasteiger partial charge in [-0.05, 0) is 66.3 Å². The second-order valence-electron chi connectivity index (χ2n) is 8.37. The number of halogens is 3. The van der Waals surface area contributed by atoms with Crippen molar-refractivity contribution in [3.8, 4) is 0 Å². The molecule has 33 heavy (non-hydrogen) atoms. The number of nitrogens with zero attached hydrogens (tertiary/aromatic N) is 1. The van der Waals surface area contributed by atoms with Crippen LogP contribution in [0.1, 0.15) is 48.9 Å². The Morgan fingerprint density at radius 1 is 1.24 bits per heavy atom. The lowest BCUT2D eigenvalue weighted by atomic mass is 9.96. The van der Waals surface area contributed by atoms with Gasteiger partial charge in [0.05, 0.1) is 5.56 Å². The Kier molecular flexibility index (Phi) is 7.00. The summed E-state index contributed by atoms with van der Waals surface area (Å²) < 4.78 is 39.4. The highest BCUT2D eigenvalue weighted by molar-refractivity contribution is 8.04. The fraction of sp³-hybridized carbons (Fsp3) is 0.320. The van der Waals surface area contributed by atoms with E-state index in [0.29, 0.717) is 5.56 Å². The van der Waals surface area contributed by atoms with Crippen LogP contribution in [0.5, 0.6) is 0 Å². The molecule has 8 heteroatoms. The number of thioether (sulfide) groups is 1. The van der Waals surface area contributed by atoms with Crippen LogP contribution in [0.2, 0.25) is 0 Å². The van der Waals surface area contributed by atoms with Crippen LogP contribution in [0.4, 0.5) is 18.9 Å². The molecule has 2 aromatic rings. The van der Waals surface area contributed by atoms with Crippen molar-refractivity contribution in [3.63, 3.8) is 0 Å². The van der Waals surface area contributed by atoms with Crippen molar-refractivity contribution in [1.82, 2.24) is 4.90 Å². The van der Waals surface area contributed by atoms with Crippen molar-refractivity contribution >= 4 is 29.5 Å². The van der Waals surface area contributed by atoms with E-state index in [9.17, 15) is 18.0 Å². The molecule has 2 unspecified atom stereocenters. The van der Waals surface area contributed by atoms with Crippen LogP contribution in [0.3, 0.4) is 0 Å². The number of carboxylic acid groups (broad SMARTS) is 1. The van der Waals surface area contributed by atoms with Crippen LogP contribution in [0.15, 0.2) is 60.0 Å². The maximum absolute atomic E-state index is 13.1. The minimum absolute atomic E-state index is 0.00728. The zero-order valence-electron chi connectivity index (χ0n) is 18.9. The minimum atomic E-state index is -4.41. The Hall–Kier alpha value is -2.71. The SMILES string of the molecule is C=C1SC(Nc2ccc(/C=C/C(=O)O)c(C(C)C)c2)(c2ccc(C(F)(F)F)cc2)N(C)C1C. The molecule has 1 aliphatic rings. The lowest BCUT2D eigenvalue weighted by molar-refractivity contribution is -0.137. The number of carboxylic acids is 1. The van der Waals surface area contributed by atoms with Gasteiger partial charge in [-0.1, -0.05) is 50.4 Å². The molecule has 2 atom stereocenters. The van der Waals surface area contributed by atoms with Gasteiger partial charge in [0.1, 0.15) is 0 Å². The maximum atomic E-state index is 13.1. The molecule has 4 nitrogen and oxygen atoms in total. The number of carbonyl (C=O) groups is 1. The van der Waals surface area contributed by atoms with Crippen LogP contribution in [0, 0.1) is 0 Å². The number of anilines is 1. The summed E-state index contributed by atoms with van der Waals surface area (Å²) in [5.74, 6) is -0.894. The van der Waals surface area contributed by atoms with Crippen molar-refractivity contribution in [3.05, 3.63) is 82.3 Å². The number of rotatable bonds is 6. The number of likely N-dealkylation sites (N-methyl/N-ethyl adjacent to an activating group) is 1. The molecule has 176 valence electrons. The lowest BCUT2D eigenvalue weighted by Gasteiger charge is -2.38. The first-order valence-electron chi connectivity index (χ1n) is 10.5. The number of hydrogen-bond donors (Lipinski definition) is 2. The Labute approximate surface area is 196 Å². The average molecular weight is 477 g/mol. The van der Waals surface area contributed by atoms with E-state index in [2.05, 4.69) is 16.8 Å². The predicted octanol–water partition coefficient (Wildman–Crippen LogP) is 6.73. The molecule has 1 saturated heterocycles. The standard InChI is InChI=1S/C25H27F3N2O2S/c1-15(2)22-14-21(12-6-18(22)7-13-23(31)32)29-25(30(5)16(3)17(4)33-25)20-10-8-19(9-11-20)24(26,27)28/h6-16,29H,4H2,1-3,5H3,(H,31,32)/b13-7+. The summed E-state index contributed by atoms with van der Waals surface area (Å²) in [6, 6.07) is 10.8. The second kappa shape index (κ2) is 9.27. The summed E-state index contributed by atoms with van der Waals surface area (Å²) in [6.07, 6.45) is -1.74. The van der Waals surface area contributed by atoms with Gasteiger partial charge >= 0.3 is 12.1 Å². The Morgan fingerprint density at radius 3 is 2.36 bits per heavy atom. The molecule has 0 aliphatic carbocycles. The third kappa shape index (κ3) is 5.12. The highest BCUT2D eigenvalue weighted by Gasteiger charge is 2.47. The third-order valence-corrected chi connectivity index (χ3v) is 7.38. The summed E-state index contributed by atoms with van der Waals surface area (Å²) in [7, 11) is 1.91. The molecule has 2 N–H and O–H groups in total. The topological polar surface area (TPSA) is 52.6 Å². The van der Waals surface area contributed by atoms with Crippen LogP contribution in [-0.4, -0.2) is 29.1 Å². The highest BCUT2D eigenvalue weighted by Crippen LogP contribution is 2.52. The maximum Gasteiger partial charge on any atom is 0.416 e. The van der Waals surface area contributed by atoms with E-state index in [4.69, 9.17) is 5.11 Å². The molecule has 2 aromatic carbocycles. The third-order valence-electron chi connectivity index (χ3n) is 5.85. The van der Waals surface area contributed by atoms with Gasteiger partial charge in [-0.3, -0.25) is 4.90 Å². The quantitative estimate of drug-likeness (QED) is 0.453. The smallest absolute Gasteiger partial charge is 0.416 e. The van der Waals surface area contributed by atoms with Crippen molar-refractivity contribution in [1.29, 1.82) is 0 Å².